The molecule has 20 heavy (non-hydrogen) atoms. The van der Waals surface area contributed by atoms with Crippen LogP contribution in [0.25, 0.3) is 0 Å². The zero-order valence-electron chi connectivity index (χ0n) is 11.8. The second kappa shape index (κ2) is 7.02. The highest BCUT2D eigenvalue weighted by Crippen LogP contribution is 2.27. The van der Waals surface area contributed by atoms with Crippen molar-refractivity contribution in [3.8, 4) is 0 Å². The minimum absolute atomic E-state index is 0.0566. The van der Waals surface area contributed by atoms with Gasteiger partial charge < -0.3 is 4.74 Å². The van der Waals surface area contributed by atoms with Gasteiger partial charge >= 0.3 is 0 Å². The van der Waals surface area contributed by atoms with E-state index < -0.39 is 0 Å². The standard InChI is InChI=1S/C15H17NO2S2/c1-10-4-6-12(7-5-10)19-9-14-16-13(8-18-3)15(20-14)11(2)17/h4-7H,8-9H2,1-3H3. The fraction of sp³-hybridized carbons (Fsp3) is 0.333. The van der Waals surface area contributed by atoms with Crippen LogP contribution in [0.15, 0.2) is 29.2 Å². The van der Waals surface area contributed by atoms with Crippen LogP contribution in [0.4, 0.5) is 0 Å². The van der Waals surface area contributed by atoms with Crippen LogP contribution in [-0.2, 0) is 17.1 Å². The number of hydrogen-bond acceptors (Lipinski definition) is 5. The molecule has 1 aromatic heterocycles. The third kappa shape index (κ3) is 3.91. The average molecular weight is 307 g/mol. The SMILES string of the molecule is COCc1nc(CSc2ccc(C)cc2)sc1C(C)=O. The van der Waals surface area contributed by atoms with Gasteiger partial charge in [-0.25, -0.2) is 4.98 Å². The van der Waals surface area contributed by atoms with E-state index in [0.29, 0.717) is 11.5 Å². The summed E-state index contributed by atoms with van der Waals surface area (Å²) in [5, 5.41) is 0.966. The molecule has 1 heterocycles. The Balaban J connectivity index is 2.07. The Kier molecular flexibility index (Phi) is 5.34. The molecule has 0 aliphatic carbocycles. The van der Waals surface area contributed by atoms with Crippen molar-refractivity contribution in [3.63, 3.8) is 0 Å². The van der Waals surface area contributed by atoms with Crippen LogP contribution < -0.4 is 0 Å². The Morgan fingerprint density at radius 1 is 1.35 bits per heavy atom. The van der Waals surface area contributed by atoms with Gasteiger partial charge in [0.25, 0.3) is 0 Å². The number of rotatable bonds is 6. The number of aryl methyl sites for hydroxylation is 1. The highest BCUT2D eigenvalue weighted by Gasteiger charge is 2.14. The van der Waals surface area contributed by atoms with Crippen LogP contribution in [0.1, 0.15) is 32.9 Å². The lowest BCUT2D eigenvalue weighted by Gasteiger charge is -1.99. The minimum Gasteiger partial charge on any atom is -0.378 e. The molecular weight excluding hydrogens is 290 g/mol. The highest BCUT2D eigenvalue weighted by atomic mass is 32.2. The Bertz CT molecular complexity index is 590. The number of carbonyl (C=O) groups is 1. The van der Waals surface area contributed by atoms with Crippen molar-refractivity contribution < 1.29 is 9.53 Å². The lowest BCUT2D eigenvalue weighted by molar-refractivity contribution is 0.101. The van der Waals surface area contributed by atoms with Crippen LogP contribution in [0.5, 0.6) is 0 Å². The first-order valence-electron chi connectivity index (χ1n) is 6.28. The van der Waals surface area contributed by atoms with Crippen molar-refractivity contribution in [3.05, 3.63) is 45.4 Å². The van der Waals surface area contributed by atoms with Crippen molar-refractivity contribution in [2.75, 3.05) is 7.11 Å². The first-order chi connectivity index (χ1) is 9.60. The zero-order valence-corrected chi connectivity index (χ0v) is 13.4. The van der Waals surface area contributed by atoms with Gasteiger partial charge in [0.05, 0.1) is 22.9 Å². The van der Waals surface area contributed by atoms with E-state index in [0.717, 1.165) is 16.5 Å². The van der Waals surface area contributed by atoms with Gasteiger partial charge in [0.2, 0.25) is 0 Å². The third-order valence-electron chi connectivity index (χ3n) is 2.73. The van der Waals surface area contributed by atoms with E-state index in [1.165, 1.54) is 21.8 Å². The van der Waals surface area contributed by atoms with Crippen molar-refractivity contribution >= 4 is 28.9 Å². The molecule has 1 aromatic carbocycles. The number of aromatic nitrogens is 1. The third-order valence-corrected chi connectivity index (χ3v) is 5.13. The molecule has 0 aliphatic rings. The summed E-state index contributed by atoms with van der Waals surface area (Å²) in [6, 6.07) is 8.41. The second-order valence-electron chi connectivity index (χ2n) is 4.47. The molecule has 0 spiro atoms. The number of nitrogens with zero attached hydrogens (tertiary/aromatic N) is 1. The molecule has 2 rings (SSSR count). The summed E-state index contributed by atoms with van der Waals surface area (Å²) in [6.07, 6.45) is 0. The van der Waals surface area contributed by atoms with Crippen LogP contribution >= 0.6 is 23.1 Å². The van der Waals surface area contributed by atoms with Crippen LogP contribution in [0.2, 0.25) is 0 Å². The van der Waals surface area contributed by atoms with Gasteiger partial charge in [0.15, 0.2) is 5.78 Å². The lowest BCUT2D eigenvalue weighted by Crippen LogP contribution is -1.97. The van der Waals surface area contributed by atoms with E-state index in [2.05, 4.69) is 36.2 Å². The summed E-state index contributed by atoms with van der Waals surface area (Å²) < 4.78 is 5.09. The number of ether oxygens (including phenoxy) is 1. The molecule has 0 saturated carbocycles. The van der Waals surface area contributed by atoms with Gasteiger partial charge in [-0.1, -0.05) is 17.7 Å². The summed E-state index contributed by atoms with van der Waals surface area (Å²) in [7, 11) is 1.62. The Morgan fingerprint density at radius 3 is 2.65 bits per heavy atom. The van der Waals surface area contributed by atoms with Crippen molar-refractivity contribution in [2.24, 2.45) is 0 Å². The lowest BCUT2D eigenvalue weighted by atomic mass is 10.2. The number of hydrogen-bond donors (Lipinski definition) is 0. The largest absolute Gasteiger partial charge is 0.378 e. The summed E-state index contributed by atoms with van der Waals surface area (Å²) in [4.78, 5) is 18.0. The summed E-state index contributed by atoms with van der Waals surface area (Å²) in [5.41, 5.74) is 2.01. The molecule has 2 aromatic rings. The minimum atomic E-state index is 0.0566. The molecule has 0 saturated heterocycles. The maximum Gasteiger partial charge on any atom is 0.171 e. The number of thioether (sulfide) groups is 1. The Morgan fingerprint density at radius 2 is 2.05 bits per heavy atom. The van der Waals surface area contributed by atoms with Gasteiger partial charge in [-0.15, -0.1) is 23.1 Å². The zero-order chi connectivity index (χ0) is 14.5. The number of methoxy groups -OCH3 is 1. The predicted molar refractivity (Wildman–Crippen MR) is 83.6 cm³/mol. The van der Waals surface area contributed by atoms with Crippen LogP contribution in [0.3, 0.4) is 0 Å². The molecule has 0 radical (unpaired) electrons. The molecule has 0 atom stereocenters. The van der Waals surface area contributed by atoms with E-state index >= 15 is 0 Å². The number of thiazole rings is 1. The number of Topliss-reactive ketones (excluding diaryl/α,β-unsaturated/α-hetero) is 1. The fourth-order valence-corrected chi connectivity index (χ4v) is 3.61. The van der Waals surface area contributed by atoms with Crippen molar-refractivity contribution in [2.45, 2.75) is 31.1 Å². The Hall–Kier alpha value is -1.17. The molecule has 0 unspecified atom stereocenters. The molecule has 106 valence electrons. The van der Waals surface area contributed by atoms with Crippen molar-refractivity contribution in [1.29, 1.82) is 0 Å². The van der Waals surface area contributed by atoms with Gasteiger partial charge in [0, 0.05) is 18.9 Å². The van der Waals surface area contributed by atoms with Crippen LogP contribution in [0, 0.1) is 6.92 Å². The van der Waals surface area contributed by atoms with E-state index in [1.54, 1.807) is 25.8 Å². The fourth-order valence-electron chi connectivity index (χ4n) is 1.75. The Labute approximate surface area is 127 Å². The molecule has 3 nitrogen and oxygen atoms in total. The topological polar surface area (TPSA) is 39.2 Å². The van der Waals surface area contributed by atoms with E-state index in [1.807, 2.05) is 0 Å². The summed E-state index contributed by atoms with van der Waals surface area (Å²) in [5.74, 6) is 0.832. The van der Waals surface area contributed by atoms with Crippen molar-refractivity contribution in [1.82, 2.24) is 4.98 Å². The number of carbonyl (C=O) groups excluding carboxylic acids is 1. The van der Waals surface area contributed by atoms with E-state index in [-0.39, 0.29) is 5.78 Å². The summed E-state index contributed by atoms with van der Waals surface area (Å²) >= 11 is 3.20. The second-order valence-corrected chi connectivity index (χ2v) is 6.61. The van der Waals surface area contributed by atoms with E-state index in [4.69, 9.17) is 4.74 Å². The number of benzene rings is 1. The number of ketones is 1. The molecule has 0 bridgehead atoms. The quantitative estimate of drug-likeness (QED) is 0.595. The monoisotopic (exact) mass is 307 g/mol. The maximum absolute atomic E-state index is 11.6. The molecule has 5 heteroatoms. The maximum atomic E-state index is 11.6. The highest BCUT2D eigenvalue weighted by molar-refractivity contribution is 7.98. The predicted octanol–water partition coefficient (Wildman–Crippen LogP) is 4.09. The normalized spacial score (nSPS) is 10.8. The summed E-state index contributed by atoms with van der Waals surface area (Å²) in [6.45, 7) is 4.04. The van der Waals surface area contributed by atoms with Gasteiger partial charge in [-0.05, 0) is 19.1 Å². The van der Waals surface area contributed by atoms with Crippen LogP contribution in [-0.4, -0.2) is 17.9 Å². The van der Waals surface area contributed by atoms with Gasteiger partial charge in [-0.3, -0.25) is 4.79 Å². The first kappa shape index (κ1) is 15.2. The molecule has 0 fully saturated rings. The molecule has 0 N–H and O–H groups in total. The van der Waals surface area contributed by atoms with Gasteiger partial charge in [0.1, 0.15) is 5.01 Å². The molecule has 0 amide bonds. The first-order valence-corrected chi connectivity index (χ1v) is 8.08. The molecular formula is C15H17NO2S2. The smallest absolute Gasteiger partial charge is 0.171 e. The average Bonchev–Trinajstić information content (AvgIpc) is 2.82. The van der Waals surface area contributed by atoms with E-state index in [9.17, 15) is 4.79 Å². The van der Waals surface area contributed by atoms with Gasteiger partial charge in [-0.2, -0.15) is 0 Å². The molecule has 0 aliphatic heterocycles.